The van der Waals surface area contributed by atoms with E-state index in [9.17, 15) is 0 Å². The highest BCUT2D eigenvalue weighted by molar-refractivity contribution is 5.97. The fourth-order valence-electron chi connectivity index (χ4n) is 5.88. The molecule has 0 aliphatic heterocycles. The van der Waals surface area contributed by atoms with Crippen molar-refractivity contribution in [2.75, 3.05) is 19.6 Å². The summed E-state index contributed by atoms with van der Waals surface area (Å²) in [7, 11) is 1.36. The van der Waals surface area contributed by atoms with Gasteiger partial charge in [-0.3, -0.25) is 0 Å². The summed E-state index contributed by atoms with van der Waals surface area (Å²) >= 11 is 0. The van der Waals surface area contributed by atoms with E-state index in [1.165, 1.54) is 195 Å². The van der Waals surface area contributed by atoms with Crippen molar-refractivity contribution in [2.24, 2.45) is 5.92 Å². The van der Waals surface area contributed by atoms with E-state index in [2.05, 4.69) is 27.7 Å². The van der Waals surface area contributed by atoms with E-state index in [0.717, 1.165) is 5.92 Å². The summed E-state index contributed by atoms with van der Waals surface area (Å²) < 4.78 is 1.50. The van der Waals surface area contributed by atoms with Gasteiger partial charge in [-0.2, -0.15) is 0 Å². The Morgan fingerprint density at radius 2 is 0.694 bits per heavy atom. The van der Waals surface area contributed by atoms with E-state index in [1.54, 1.807) is 0 Å². The second-order valence-corrected chi connectivity index (χ2v) is 14.3. The second kappa shape index (κ2) is 30.2. The van der Waals surface area contributed by atoms with E-state index < -0.39 is 0 Å². The molecule has 1 nitrogen and oxygen atoms in total. The quantitative estimate of drug-likeness (QED) is 0.0624. The average molecular weight is 591 g/mol. The van der Waals surface area contributed by atoms with Crippen LogP contribution in [0.3, 0.4) is 0 Å². The zero-order chi connectivity index (χ0) is 25.9. The first-order valence-electron chi connectivity index (χ1n) is 16.9. The van der Waals surface area contributed by atoms with Gasteiger partial charge in [0, 0.05) is 0 Å². The van der Waals surface area contributed by atoms with Gasteiger partial charge in [0.05, 0.1) is 19.6 Å². The minimum absolute atomic E-state index is 0. The Kier molecular flexibility index (Phi) is 32.6. The van der Waals surface area contributed by atoms with Crippen LogP contribution in [0.5, 0.6) is 0 Å². The molecule has 0 radical (unpaired) electrons. The Morgan fingerprint density at radius 1 is 0.389 bits per heavy atom. The molecule has 0 spiro atoms. The summed E-state index contributed by atoms with van der Waals surface area (Å²) in [6.45, 7) is 13.8. The van der Waals surface area contributed by atoms with Crippen molar-refractivity contribution in [1.82, 2.24) is 0 Å². The molecule has 1 atom stereocenters. The number of hydrogen-bond donors (Lipinski definition) is 0. The number of nitrogens with zero attached hydrogens (tertiary/aromatic N) is 1. The van der Waals surface area contributed by atoms with Gasteiger partial charge in [0.2, 0.25) is 10.4 Å². The van der Waals surface area contributed by atoms with Crippen LogP contribution in [0.2, 0.25) is 0 Å². The lowest BCUT2D eigenvalue weighted by molar-refractivity contribution is -0.818. The molecule has 36 heavy (non-hydrogen) atoms. The normalized spacial score (nSPS) is 12.7. The Bertz CT molecular complexity index is 391. The molecule has 0 bridgehead atoms. The van der Waals surface area contributed by atoms with E-state index >= 15 is 0 Å². The molecule has 0 fully saturated rings. The highest BCUT2D eigenvalue weighted by atomic mass is 79.9. The number of hydrogen-bond acceptors (Lipinski definition) is 0. The van der Waals surface area contributed by atoms with E-state index in [0.29, 0.717) is 0 Å². The predicted octanol–water partition coefficient (Wildman–Crippen LogP) is 7.54. The van der Waals surface area contributed by atoms with Crippen LogP contribution in [-0.4, -0.2) is 34.2 Å². The van der Waals surface area contributed by atoms with Crippen molar-refractivity contribution in [3.63, 3.8) is 0 Å². The second-order valence-electron chi connectivity index (χ2n) is 12.4. The molecule has 0 amide bonds. The largest absolute Gasteiger partial charge is 1.00 e. The maximum Gasteiger partial charge on any atom is 0.239 e. The lowest BCUT2D eigenvalue weighted by Crippen LogP contribution is -3.00. The van der Waals surface area contributed by atoms with Gasteiger partial charge in [-0.25, -0.2) is 0 Å². The molecular weight excluding hydrogens is 518 g/mol. The zero-order valence-corrected chi connectivity index (χ0v) is 29.8. The summed E-state index contributed by atoms with van der Waals surface area (Å²) in [5.41, 5.74) is 0. The predicted molar refractivity (Wildman–Crippen MR) is 166 cm³/mol. The monoisotopic (exact) mass is 589 g/mol. The van der Waals surface area contributed by atoms with Gasteiger partial charge in [0.15, 0.2) is 0 Å². The zero-order valence-electron chi connectivity index (χ0n) is 26.2. The Balaban J connectivity index is 0. The first-order chi connectivity index (χ1) is 17.1. The lowest BCUT2D eigenvalue weighted by Gasteiger charge is -2.38. The first kappa shape index (κ1) is 38.8. The van der Waals surface area contributed by atoms with Crippen molar-refractivity contribution in [2.45, 2.75) is 188 Å². The van der Waals surface area contributed by atoms with Gasteiger partial charge in [-0.1, -0.05) is 156 Å². The maximum absolute atomic E-state index is 2.35. The molecule has 0 aromatic rings. The number of unbranched alkanes of at least 4 members (excludes halogenated alkanes) is 18. The van der Waals surface area contributed by atoms with Gasteiger partial charge in [-0.15, -0.1) is 0 Å². The third-order valence-corrected chi connectivity index (χ3v) is 9.95. The molecule has 1 unspecified atom stereocenters. The molecule has 0 saturated heterocycles. The Hall–Kier alpha value is 0.657. The van der Waals surface area contributed by atoms with Crippen LogP contribution in [0.25, 0.3) is 0 Å². The molecule has 0 aliphatic carbocycles. The SMILES string of the molecule is CCCCCCCCCCCCC(CCCCCC)CC[N+]([SiH3])(CCCCCC)CCCCCC.[Br-]. The van der Waals surface area contributed by atoms with Gasteiger partial charge >= 0.3 is 0 Å². The van der Waals surface area contributed by atoms with Crippen molar-refractivity contribution in [3.8, 4) is 0 Å². The number of halogens is 1. The van der Waals surface area contributed by atoms with E-state index in [4.69, 9.17) is 0 Å². The highest BCUT2D eigenvalue weighted by Gasteiger charge is 2.21. The molecular formula is C33H72BrNSi. The standard InChI is InChI=1S/C33H72NSi.BrH/c1-5-9-13-17-18-19-20-21-22-24-28-33(27-23-14-10-6-2)29-32-34(35,30-25-15-11-7-3)31-26-16-12-8-4;/h33H,5-32H2,1-4,35H3;1H/q+1;/p-1. The summed E-state index contributed by atoms with van der Waals surface area (Å²) in [6.07, 6.45) is 36.6. The van der Waals surface area contributed by atoms with Crippen LogP contribution in [0, 0.1) is 5.92 Å². The van der Waals surface area contributed by atoms with Gasteiger partial charge < -0.3 is 21.1 Å². The van der Waals surface area contributed by atoms with Crippen LogP contribution in [0.15, 0.2) is 0 Å². The average Bonchev–Trinajstić information content (AvgIpc) is 2.86. The summed E-state index contributed by atoms with van der Waals surface area (Å²) in [5, 5.41) is 0. The van der Waals surface area contributed by atoms with Crippen molar-refractivity contribution < 1.29 is 21.1 Å². The smallest absolute Gasteiger partial charge is 0.239 e. The van der Waals surface area contributed by atoms with Gasteiger partial charge in [0.25, 0.3) is 0 Å². The number of rotatable bonds is 29. The van der Waals surface area contributed by atoms with Gasteiger partial charge in [0.1, 0.15) is 0 Å². The minimum Gasteiger partial charge on any atom is -1.00 e. The summed E-state index contributed by atoms with van der Waals surface area (Å²) in [5.74, 6) is 1.01. The Labute approximate surface area is 244 Å². The fourth-order valence-corrected chi connectivity index (χ4v) is 6.77. The van der Waals surface area contributed by atoms with Crippen molar-refractivity contribution in [1.29, 1.82) is 0 Å². The maximum atomic E-state index is 2.35. The number of quaternary nitrogens is 1. The molecule has 0 heterocycles. The van der Waals surface area contributed by atoms with Gasteiger partial charge in [-0.05, 0) is 38.0 Å². The summed E-state index contributed by atoms with van der Waals surface area (Å²) in [4.78, 5) is 0. The molecule has 0 aliphatic rings. The lowest BCUT2D eigenvalue weighted by atomic mass is 9.91. The third kappa shape index (κ3) is 26.3. The topological polar surface area (TPSA) is 0 Å². The molecule has 0 N–H and O–H groups in total. The minimum atomic E-state index is 0. The summed E-state index contributed by atoms with van der Waals surface area (Å²) in [6, 6.07) is 0. The van der Waals surface area contributed by atoms with Crippen LogP contribution in [-0.2, 0) is 0 Å². The Morgan fingerprint density at radius 3 is 1.08 bits per heavy atom. The van der Waals surface area contributed by atoms with Crippen LogP contribution >= 0.6 is 0 Å². The van der Waals surface area contributed by atoms with E-state index in [-0.39, 0.29) is 17.0 Å². The van der Waals surface area contributed by atoms with Crippen LogP contribution in [0.1, 0.15) is 188 Å². The molecule has 0 aromatic heterocycles. The third-order valence-electron chi connectivity index (χ3n) is 8.61. The first-order valence-corrected chi connectivity index (χ1v) is 17.8. The van der Waals surface area contributed by atoms with Crippen molar-refractivity contribution in [3.05, 3.63) is 0 Å². The van der Waals surface area contributed by atoms with Crippen LogP contribution in [0.4, 0.5) is 0 Å². The van der Waals surface area contributed by atoms with E-state index in [1.807, 2.05) is 0 Å². The fraction of sp³-hybridized carbons (Fsp3) is 1.00. The molecule has 3 heteroatoms. The molecule has 0 saturated carbocycles. The molecule has 0 rings (SSSR count). The molecule has 0 aromatic carbocycles. The van der Waals surface area contributed by atoms with Crippen LogP contribution < -0.4 is 17.0 Å². The van der Waals surface area contributed by atoms with Crippen molar-refractivity contribution >= 4 is 10.4 Å². The highest BCUT2D eigenvalue weighted by Crippen LogP contribution is 2.24. The molecule has 220 valence electrons.